The summed E-state index contributed by atoms with van der Waals surface area (Å²) in [6.45, 7) is 6.41. The molecule has 0 unspecified atom stereocenters. The zero-order valence-corrected chi connectivity index (χ0v) is 20.9. The van der Waals surface area contributed by atoms with Gasteiger partial charge in [0.25, 0.3) is 5.91 Å². The second kappa shape index (κ2) is 11.5. The van der Waals surface area contributed by atoms with E-state index in [0.717, 1.165) is 22.4 Å². The van der Waals surface area contributed by atoms with Crippen molar-refractivity contribution in [2.45, 2.75) is 27.3 Å². The molecule has 0 aliphatic heterocycles. The van der Waals surface area contributed by atoms with Gasteiger partial charge in [0.15, 0.2) is 18.1 Å². The molecule has 0 aromatic heterocycles. The Kier molecular flexibility index (Phi) is 8.73. The zero-order chi connectivity index (χ0) is 24.0. The molecule has 5 nitrogen and oxygen atoms in total. The number of aryl methyl sites for hydroxylation is 1. The third-order valence-electron chi connectivity index (χ3n) is 4.92. The van der Waals surface area contributed by atoms with Crippen molar-refractivity contribution in [3.8, 4) is 11.5 Å². The smallest absolute Gasteiger partial charge is 0.262 e. The highest BCUT2D eigenvalue weighted by atomic mass is 35.5. The fourth-order valence-corrected chi connectivity index (χ4v) is 3.77. The molecule has 0 fully saturated rings. The van der Waals surface area contributed by atoms with E-state index in [1.54, 1.807) is 18.2 Å². The molecule has 3 aromatic rings. The van der Waals surface area contributed by atoms with Gasteiger partial charge in [-0.25, -0.2) is 0 Å². The summed E-state index contributed by atoms with van der Waals surface area (Å²) < 4.78 is 11.4. The SMILES string of the molecule is CCOc1cc(CNc2cccc(Cl)c2C)cc(Cl)c1OCC(=O)Nc1ccc(C)c(Cl)c1. The summed E-state index contributed by atoms with van der Waals surface area (Å²) in [4.78, 5) is 12.4. The molecule has 0 radical (unpaired) electrons. The van der Waals surface area contributed by atoms with Crippen molar-refractivity contribution >= 4 is 52.1 Å². The molecule has 0 aliphatic carbocycles. The number of carbonyl (C=O) groups is 1. The van der Waals surface area contributed by atoms with E-state index in [2.05, 4.69) is 10.6 Å². The number of amides is 1. The predicted molar refractivity (Wildman–Crippen MR) is 136 cm³/mol. The van der Waals surface area contributed by atoms with Gasteiger partial charge in [-0.1, -0.05) is 46.9 Å². The first-order valence-corrected chi connectivity index (χ1v) is 11.5. The first-order chi connectivity index (χ1) is 15.8. The van der Waals surface area contributed by atoms with Crippen LogP contribution in [0.15, 0.2) is 48.5 Å². The van der Waals surface area contributed by atoms with Crippen LogP contribution >= 0.6 is 34.8 Å². The third kappa shape index (κ3) is 6.70. The lowest BCUT2D eigenvalue weighted by Gasteiger charge is -2.16. The largest absolute Gasteiger partial charge is 0.490 e. The Morgan fingerprint density at radius 3 is 2.45 bits per heavy atom. The number of nitrogens with one attached hydrogen (secondary N) is 2. The van der Waals surface area contributed by atoms with Gasteiger partial charge in [-0.2, -0.15) is 0 Å². The van der Waals surface area contributed by atoms with Crippen LogP contribution in [0, 0.1) is 13.8 Å². The highest BCUT2D eigenvalue weighted by molar-refractivity contribution is 6.32. The monoisotopic (exact) mass is 506 g/mol. The highest BCUT2D eigenvalue weighted by Crippen LogP contribution is 2.37. The summed E-state index contributed by atoms with van der Waals surface area (Å²) in [7, 11) is 0. The minimum atomic E-state index is -0.337. The maximum atomic E-state index is 12.4. The molecule has 2 N–H and O–H groups in total. The normalized spacial score (nSPS) is 10.6. The van der Waals surface area contributed by atoms with E-state index in [-0.39, 0.29) is 12.5 Å². The van der Waals surface area contributed by atoms with E-state index >= 15 is 0 Å². The standard InChI is InChI=1S/C25H25Cl3N2O3/c1-4-32-23-11-17(13-29-22-7-5-6-19(26)16(22)3)10-21(28)25(23)33-14-24(31)30-18-9-8-15(2)20(27)12-18/h5-12,29H,4,13-14H2,1-3H3,(H,30,31). The Bertz CT molecular complexity index is 1150. The summed E-state index contributed by atoms with van der Waals surface area (Å²) in [5.74, 6) is 0.449. The van der Waals surface area contributed by atoms with Gasteiger partial charge >= 0.3 is 0 Å². The predicted octanol–water partition coefficient (Wildman–Crippen LogP) is 7.29. The van der Waals surface area contributed by atoms with E-state index in [4.69, 9.17) is 44.3 Å². The number of anilines is 2. The van der Waals surface area contributed by atoms with Crippen LogP contribution in [0.5, 0.6) is 11.5 Å². The fraction of sp³-hybridized carbons (Fsp3) is 0.240. The van der Waals surface area contributed by atoms with E-state index in [1.807, 2.05) is 51.1 Å². The van der Waals surface area contributed by atoms with Crippen molar-refractivity contribution in [3.05, 3.63) is 80.3 Å². The van der Waals surface area contributed by atoms with Crippen LogP contribution in [0.3, 0.4) is 0 Å². The quantitative estimate of drug-likeness (QED) is 0.319. The summed E-state index contributed by atoms with van der Waals surface area (Å²) in [6.07, 6.45) is 0. The lowest BCUT2D eigenvalue weighted by molar-refractivity contribution is -0.118. The molecule has 0 saturated carbocycles. The van der Waals surface area contributed by atoms with Gasteiger partial charge in [-0.15, -0.1) is 0 Å². The minimum absolute atomic E-state index is 0.232. The molecule has 3 aromatic carbocycles. The second-order valence-corrected chi connectivity index (χ2v) is 8.63. The Balaban J connectivity index is 1.69. The molecule has 0 heterocycles. The molecule has 33 heavy (non-hydrogen) atoms. The van der Waals surface area contributed by atoms with E-state index in [1.165, 1.54) is 0 Å². The van der Waals surface area contributed by atoms with Gasteiger partial charge < -0.3 is 20.1 Å². The van der Waals surface area contributed by atoms with E-state index in [0.29, 0.717) is 45.4 Å². The Morgan fingerprint density at radius 1 is 0.939 bits per heavy atom. The molecule has 0 bridgehead atoms. The van der Waals surface area contributed by atoms with Gasteiger partial charge in [0.1, 0.15) is 0 Å². The molecule has 0 atom stereocenters. The minimum Gasteiger partial charge on any atom is -0.490 e. The molecule has 0 spiro atoms. The first-order valence-electron chi connectivity index (χ1n) is 10.4. The van der Waals surface area contributed by atoms with E-state index in [9.17, 15) is 4.79 Å². The Labute approximate surface area is 208 Å². The Morgan fingerprint density at radius 2 is 1.73 bits per heavy atom. The van der Waals surface area contributed by atoms with Crippen LogP contribution in [-0.4, -0.2) is 19.1 Å². The van der Waals surface area contributed by atoms with Gasteiger partial charge in [-0.3, -0.25) is 4.79 Å². The number of hydrogen-bond acceptors (Lipinski definition) is 4. The number of halogens is 3. The van der Waals surface area contributed by atoms with Crippen LogP contribution in [0.25, 0.3) is 0 Å². The fourth-order valence-electron chi connectivity index (χ4n) is 3.13. The first kappa shape index (κ1) is 25.0. The molecule has 174 valence electrons. The van der Waals surface area contributed by atoms with Gasteiger partial charge in [0.05, 0.1) is 11.6 Å². The third-order valence-corrected chi connectivity index (χ3v) is 6.02. The molecular weight excluding hydrogens is 483 g/mol. The lowest BCUT2D eigenvalue weighted by Crippen LogP contribution is -2.20. The zero-order valence-electron chi connectivity index (χ0n) is 18.6. The summed E-state index contributed by atoms with van der Waals surface area (Å²) in [5, 5.41) is 7.74. The van der Waals surface area contributed by atoms with E-state index < -0.39 is 0 Å². The molecule has 0 aliphatic rings. The van der Waals surface area contributed by atoms with Crippen LogP contribution in [0.1, 0.15) is 23.6 Å². The lowest BCUT2D eigenvalue weighted by atomic mass is 10.1. The average Bonchev–Trinajstić information content (AvgIpc) is 2.77. The van der Waals surface area contributed by atoms with Crippen LogP contribution < -0.4 is 20.1 Å². The summed E-state index contributed by atoms with van der Waals surface area (Å²) >= 11 is 18.8. The Hall–Kier alpha value is -2.60. The molecular formula is C25H25Cl3N2O3. The number of benzene rings is 3. The van der Waals surface area contributed by atoms with Gasteiger partial charge in [-0.05, 0) is 73.9 Å². The van der Waals surface area contributed by atoms with Crippen LogP contribution in [0.4, 0.5) is 11.4 Å². The van der Waals surface area contributed by atoms with Gasteiger partial charge in [0, 0.05) is 28.0 Å². The average molecular weight is 508 g/mol. The summed E-state index contributed by atoms with van der Waals surface area (Å²) in [6, 6.07) is 14.6. The van der Waals surface area contributed by atoms with Crippen molar-refractivity contribution < 1.29 is 14.3 Å². The van der Waals surface area contributed by atoms with Crippen molar-refractivity contribution in [3.63, 3.8) is 0 Å². The second-order valence-electron chi connectivity index (χ2n) is 7.40. The molecule has 1 amide bonds. The van der Waals surface area contributed by atoms with Crippen molar-refractivity contribution in [1.82, 2.24) is 0 Å². The molecule has 0 saturated heterocycles. The van der Waals surface area contributed by atoms with Crippen molar-refractivity contribution in [1.29, 1.82) is 0 Å². The maximum Gasteiger partial charge on any atom is 0.262 e. The molecule has 3 rings (SSSR count). The highest BCUT2D eigenvalue weighted by Gasteiger charge is 2.15. The van der Waals surface area contributed by atoms with Crippen LogP contribution in [0.2, 0.25) is 15.1 Å². The number of rotatable bonds is 9. The number of hydrogen-bond donors (Lipinski definition) is 2. The summed E-state index contributed by atoms with van der Waals surface area (Å²) in [5.41, 5.74) is 4.32. The number of ether oxygens (including phenoxy) is 2. The van der Waals surface area contributed by atoms with Crippen molar-refractivity contribution in [2.24, 2.45) is 0 Å². The topological polar surface area (TPSA) is 59.6 Å². The molecule has 8 heteroatoms. The van der Waals surface area contributed by atoms with Crippen molar-refractivity contribution in [2.75, 3.05) is 23.8 Å². The van der Waals surface area contributed by atoms with Crippen LogP contribution in [-0.2, 0) is 11.3 Å². The number of carbonyl (C=O) groups excluding carboxylic acids is 1. The van der Waals surface area contributed by atoms with Gasteiger partial charge in [0.2, 0.25) is 0 Å². The maximum absolute atomic E-state index is 12.4.